The lowest BCUT2D eigenvalue weighted by Gasteiger charge is -2.19. The number of halogens is 2. The summed E-state index contributed by atoms with van der Waals surface area (Å²) in [5.74, 6) is 1.01. The fourth-order valence-electron chi connectivity index (χ4n) is 2.07. The average molecular weight is 363 g/mol. The number of carbonyl (C=O) groups is 1. The molecule has 0 aliphatic heterocycles. The van der Waals surface area contributed by atoms with Crippen molar-refractivity contribution in [3.63, 3.8) is 0 Å². The minimum Gasteiger partial charge on any atom is -0.496 e. The van der Waals surface area contributed by atoms with E-state index in [1.165, 1.54) is 0 Å². The van der Waals surface area contributed by atoms with E-state index in [0.717, 1.165) is 17.3 Å². The Morgan fingerprint density at radius 3 is 2.55 bits per heavy atom. The summed E-state index contributed by atoms with van der Waals surface area (Å²) >= 11 is 9.68. The molecular weight excluding hydrogens is 342 g/mol. The Hall–Kier alpha value is -0.740. The zero-order valence-corrected chi connectivity index (χ0v) is 14.4. The van der Waals surface area contributed by atoms with Crippen LogP contribution < -0.4 is 10.1 Å². The van der Waals surface area contributed by atoms with Gasteiger partial charge in [0.1, 0.15) is 5.75 Å². The Balaban J connectivity index is 2.61. The minimum atomic E-state index is -0.120. The van der Waals surface area contributed by atoms with Crippen LogP contribution in [0.3, 0.4) is 0 Å². The maximum atomic E-state index is 12.1. The van der Waals surface area contributed by atoms with E-state index >= 15 is 0 Å². The third-order valence-corrected chi connectivity index (χ3v) is 4.56. The Bertz CT molecular complexity index is 449. The van der Waals surface area contributed by atoms with E-state index in [2.05, 4.69) is 35.1 Å². The Labute approximate surface area is 134 Å². The van der Waals surface area contributed by atoms with Gasteiger partial charge in [0.2, 0.25) is 0 Å². The molecule has 1 rings (SSSR count). The molecule has 1 aromatic carbocycles. The van der Waals surface area contributed by atoms with E-state index < -0.39 is 0 Å². The zero-order chi connectivity index (χ0) is 15.1. The highest BCUT2D eigenvalue weighted by molar-refractivity contribution is 9.10. The molecule has 5 heteroatoms. The van der Waals surface area contributed by atoms with Crippen LogP contribution in [0.1, 0.15) is 37.0 Å². The summed E-state index contributed by atoms with van der Waals surface area (Å²) < 4.78 is 5.90. The van der Waals surface area contributed by atoms with Gasteiger partial charge in [0, 0.05) is 12.1 Å². The number of benzene rings is 1. The number of ether oxygens (including phenoxy) is 1. The molecule has 1 N–H and O–H groups in total. The Kier molecular flexibility index (Phi) is 7.38. The average Bonchev–Trinajstić information content (AvgIpc) is 2.45. The van der Waals surface area contributed by atoms with Crippen LogP contribution in [-0.4, -0.2) is 24.9 Å². The summed E-state index contributed by atoms with van der Waals surface area (Å²) in [6.45, 7) is 4.72. The third kappa shape index (κ3) is 4.67. The molecule has 0 radical (unpaired) electrons. The summed E-state index contributed by atoms with van der Waals surface area (Å²) in [4.78, 5) is 12.1. The molecule has 0 aliphatic rings. The van der Waals surface area contributed by atoms with Crippen LogP contribution in [-0.2, 0) is 0 Å². The second-order valence-electron chi connectivity index (χ2n) is 4.65. The summed E-state index contributed by atoms with van der Waals surface area (Å²) in [5.41, 5.74) is 0.589. The number of hydrogen-bond acceptors (Lipinski definition) is 2. The molecule has 0 saturated heterocycles. The van der Waals surface area contributed by atoms with Gasteiger partial charge in [0.25, 0.3) is 5.91 Å². The van der Waals surface area contributed by atoms with E-state index in [1.807, 2.05) is 0 Å². The second kappa shape index (κ2) is 8.53. The predicted molar refractivity (Wildman–Crippen MR) is 86.7 cm³/mol. The molecule has 3 nitrogen and oxygen atoms in total. The van der Waals surface area contributed by atoms with Crippen molar-refractivity contribution in [3.05, 3.63) is 28.2 Å². The molecule has 1 aromatic rings. The number of hydrogen-bond donors (Lipinski definition) is 1. The van der Waals surface area contributed by atoms with Gasteiger partial charge in [-0.05, 0) is 40.0 Å². The molecule has 112 valence electrons. The van der Waals surface area contributed by atoms with Crippen molar-refractivity contribution in [2.75, 3.05) is 13.7 Å². The van der Waals surface area contributed by atoms with Crippen LogP contribution in [0.4, 0.5) is 0 Å². The van der Waals surface area contributed by atoms with E-state index in [1.54, 1.807) is 25.3 Å². The van der Waals surface area contributed by atoms with Crippen LogP contribution in [0.25, 0.3) is 0 Å². The van der Waals surface area contributed by atoms with Crippen molar-refractivity contribution >= 4 is 33.4 Å². The minimum absolute atomic E-state index is 0.0318. The normalized spacial score (nSPS) is 12.3. The summed E-state index contributed by atoms with van der Waals surface area (Å²) in [7, 11) is 1.59. The first-order chi connectivity index (χ1) is 9.53. The third-order valence-electron chi connectivity index (χ3n) is 3.43. The highest BCUT2D eigenvalue weighted by atomic mass is 79.9. The van der Waals surface area contributed by atoms with Crippen LogP contribution >= 0.6 is 27.5 Å². The molecule has 0 bridgehead atoms. The van der Waals surface area contributed by atoms with Gasteiger partial charge in [-0.2, -0.15) is 0 Å². The SMILES string of the molecule is CCC(CC)C(Cl)CNC(=O)c1ccc(OC)c(Br)c1. The van der Waals surface area contributed by atoms with Crippen molar-refractivity contribution in [2.24, 2.45) is 5.92 Å². The first-order valence-electron chi connectivity index (χ1n) is 6.79. The van der Waals surface area contributed by atoms with Crippen molar-refractivity contribution in [1.29, 1.82) is 0 Å². The van der Waals surface area contributed by atoms with Gasteiger partial charge in [-0.15, -0.1) is 11.6 Å². The van der Waals surface area contributed by atoms with E-state index in [4.69, 9.17) is 16.3 Å². The molecule has 0 saturated carbocycles. The van der Waals surface area contributed by atoms with Crippen molar-refractivity contribution < 1.29 is 9.53 Å². The van der Waals surface area contributed by atoms with Gasteiger partial charge in [0.05, 0.1) is 17.0 Å². The molecule has 0 aliphatic carbocycles. The van der Waals surface area contributed by atoms with Gasteiger partial charge < -0.3 is 10.1 Å². The Morgan fingerprint density at radius 1 is 1.40 bits per heavy atom. The highest BCUT2D eigenvalue weighted by Crippen LogP contribution is 2.25. The monoisotopic (exact) mass is 361 g/mol. The quantitative estimate of drug-likeness (QED) is 0.737. The zero-order valence-electron chi connectivity index (χ0n) is 12.1. The van der Waals surface area contributed by atoms with Gasteiger partial charge in [-0.3, -0.25) is 4.79 Å². The molecule has 20 heavy (non-hydrogen) atoms. The van der Waals surface area contributed by atoms with Crippen LogP contribution in [0.5, 0.6) is 5.75 Å². The molecule has 0 aromatic heterocycles. The number of amides is 1. The molecule has 1 unspecified atom stereocenters. The number of methoxy groups -OCH3 is 1. The van der Waals surface area contributed by atoms with Gasteiger partial charge >= 0.3 is 0 Å². The second-order valence-corrected chi connectivity index (χ2v) is 6.07. The maximum Gasteiger partial charge on any atom is 0.251 e. The molecular formula is C15H21BrClNO2. The topological polar surface area (TPSA) is 38.3 Å². The number of alkyl halides is 1. The van der Waals surface area contributed by atoms with Crippen LogP contribution in [0, 0.1) is 5.92 Å². The van der Waals surface area contributed by atoms with Crippen molar-refractivity contribution in [3.8, 4) is 5.75 Å². The lowest BCUT2D eigenvalue weighted by atomic mass is 9.99. The molecule has 1 atom stereocenters. The summed E-state index contributed by atoms with van der Waals surface area (Å²) in [6, 6.07) is 5.24. The van der Waals surface area contributed by atoms with Crippen LogP contribution in [0.2, 0.25) is 0 Å². The number of rotatable bonds is 7. The van der Waals surface area contributed by atoms with Crippen molar-refractivity contribution in [2.45, 2.75) is 32.1 Å². The largest absolute Gasteiger partial charge is 0.496 e. The van der Waals surface area contributed by atoms with Gasteiger partial charge in [-0.1, -0.05) is 26.7 Å². The highest BCUT2D eigenvalue weighted by Gasteiger charge is 2.17. The predicted octanol–water partition coefficient (Wildman–Crippen LogP) is 4.23. The van der Waals surface area contributed by atoms with E-state index in [0.29, 0.717) is 23.8 Å². The van der Waals surface area contributed by atoms with Gasteiger partial charge in [0.15, 0.2) is 0 Å². The smallest absolute Gasteiger partial charge is 0.251 e. The van der Waals surface area contributed by atoms with E-state index in [-0.39, 0.29) is 11.3 Å². The summed E-state index contributed by atoms with van der Waals surface area (Å²) in [5, 5.41) is 2.85. The Morgan fingerprint density at radius 2 is 2.05 bits per heavy atom. The molecule has 0 fully saturated rings. The standard InChI is InChI=1S/C15H21BrClNO2/c1-4-10(5-2)13(17)9-18-15(19)11-6-7-14(20-3)12(16)8-11/h6-8,10,13H,4-5,9H2,1-3H3,(H,18,19). The lowest BCUT2D eigenvalue weighted by molar-refractivity contribution is 0.0951. The lowest BCUT2D eigenvalue weighted by Crippen LogP contribution is -2.33. The maximum absolute atomic E-state index is 12.1. The van der Waals surface area contributed by atoms with Crippen molar-refractivity contribution in [1.82, 2.24) is 5.32 Å². The van der Waals surface area contributed by atoms with Gasteiger partial charge in [-0.25, -0.2) is 0 Å². The first kappa shape index (κ1) is 17.3. The molecule has 0 heterocycles. The molecule has 0 spiro atoms. The fraction of sp³-hybridized carbons (Fsp3) is 0.533. The fourth-order valence-corrected chi connectivity index (χ4v) is 3.04. The summed E-state index contributed by atoms with van der Waals surface area (Å²) in [6.07, 6.45) is 2.04. The first-order valence-corrected chi connectivity index (χ1v) is 8.02. The molecule has 1 amide bonds. The number of carbonyl (C=O) groups excluding carboxylic acids is 1. The number of nitrogens with one attached hydrogen (secondary N) is 1. The van der Waals surface area contributed by atoms with Crippen LogP contribution in [0.15, 0.2) is 22.7 Å². The van der Waals surface area contributed by atoms with E-state index in [9.17, 15) is 4.79 Å².